The summed E-state index contributed by atoms with van der Waals surface area (Å²) in [4.78, 5) is 14.1. The summed E-state index contributed by atoms with van der Waals surface area (Å²) >= 11 is 6.93. The fourth-order valence-corrected chi connectivity index (χ4v) is 2.21. The van der Waals surface area contributed by atoms with Gasteiger partial charge in [0, 0.05) is 10.1 Å². The van der Waals surface area contributed by atoms with Crippen molar-refractivity contribution in [3.8, 4) is 5.75 Å². The highest BCUT2D eigenvalue weighted by molar-refractivity contribution is 14.1. The molecule has 0 saturated carbocycles. The minimum atomic E-state index is -0.249. The SMILES string of the molecule is CCCN(CC(N)=S)C(=O)c1cc(I)ccc1O. The zero-order chi connectivity index (χ0) is 13.7. The third-order valence-electron chi connectivity index (χ3n) is 2.32. The molecule has 0 aliphatic rings. The molecule has 0 aromatic heterocycles. The van der Waals surface area contributed by atoms with Gasteiger partial charge in [-0.15, -0.1) is 0 Å². The van der Waals surface area contributed by atoms with Crippen molar-refractivity contribution in [2.24, 2.45) is 5.73 Å². The van der Waals surface area contributed by atoms with Crippen LogP contribution in [0.25, 0.3) is 0 Å². The van der Waals surface area contributed by atoms with Gasteiger partial charge in [0.1, 0.15) is 5.75 Å². The highest BCUT2D eigenvalue weighted by Gasteiger charge is 2.19. The number of carbonyl (C=O) groups excluding carboxylic acids is 1. The smallest absolute Gasteiger partial charge is 0.258 e. The van der Waals surface area contributed by atoms with E-state index < -0.39 is 0 Å². The van der Waals surface area contributed by atoms with Gasteiger partial charge in [0.25, 0.3) is 5.91 Å². The molecule has 0 atom stereocenters. The van der Waals surface area contributed by atoms with Gasteiger partial charge in [-0.3, -0.25) is 4.79 Å². The normalized spacial score (nSPS) is 10.1. The average molecular weight is 378 g/mol. The summed E-state index contributed by atoms with van der Waals surface area (Å²) < 4.78 is 0.889. The predicted octanol–water partition coefficient (Wildman–Crippen LogP) is 2.14. The Bertz CT molecular complexity index is 465. The number of aromatic hydroxyl groups is 1. The highest BCUT2D eigenvalue weighted by atomic mass is 127. The molecule has 0 saturated heterocycles. The number of nitrogens with zero attached hydrogens (tertiary/aromatic N) is 1. The molecule has 0 spiro atoms. The standard InChI is InChI=1S/C12H15IN2O2S/c1-2-5-15(7-11(14)18)12(17)9-6-8(13)3-4-10(9)16/h3-4,6,16H,2,5,7H2,1H3,(H2,14,18). The van der Waals surface area contributed by atoms with Crippen LogP contribution in [0.15, 0.2) is 18.2 Å². The van der Waals surface area contributed by atoms with E-state index in [2.05, 4.69) is 22.6 Å². The Hall–Kier alpha value is -0.890. The van der Waals surface area contributed by atoms with Gasteiger partial charge in [0.2, 0.25) is 0 Å². The first kappa shape index (κ1) is 15.2. The van der Waals surface area contributed by atoms with Crippen LogP contribution in [0.5, 0.6) is 5.75 Å². The number of hydrogen-bond donors (Lipinski definition) is 2. The van der Waals surface area contributed by atoms with Crippen molar-refractivity contribution in [2.75, 3.05) is 13.1 Å². The van der Waals surface area contributed by atoms with Gasteiger partial charge in [0.15, 0.2) is 0 Å². The monoisotopic (exact) mass is 378 g/mol. The predicted molar refractivity (Wildman–Crippen MR) is 83.8 cm³/mol. The Balaban J connectivity index is 3.01. The van der Waals surface area contributed by atoms with Crippen LogP contribution in [0.2, 0.25) is 0 Å². The second-order valence-electron chi connectivity index (χ2n) is 3.85. The first-order valence-electron chi connectivity index (χ1n) is 5.51. The lowest BCUT2D eigenvalue weighted by atomic mass is 10.1. The number of phenolic OH excluding ortho intramolecular Hbond substituents is 1. The number of rotatable bonds is 5. The van der Waals surface area contributed by atoms with E-state index >= 15 is 0 Å². The molecule has 98 valence electrons. The maximum atomic E-state index is 12.3. The summed E-state index contributed by atoms with van der Waals surface area (Å²) in [6.45, 7) is 2.75. The molecule has 0 aliphatic carbocycles. The van der Waals surface area contributed by atoms with Crippen molar-refractivity contribution >= 4 is 45.7 Å². The Labute approximate surface area is 125 Å². The Morgan fingerprint density at radius 3 is 2.78 bits per heavy atom. The number of nitrogens with two attached hydrogens (primary N) is 1. The summed E-state index contributed by atoms with van der Waals surface area (Å²) in [6, 6.07) is 4.91. The minimum absolute atomic E-state index is 0.0236. The Kier molecular flexibility index (Phi) is 5.80. The lowest BCUT2D eigenvalue weighted by Gasteiger charge is -2.22. The Morgan fingerprint density at radius 1 is 1.56 bits per heavy atom. The maximum Gasteiger partial charge on any atom is 0.258 e. The number of hydrogen-bond acceptors (Lipinski definition) is 3. The molecular weight excluding hydrogens is 363 g/mol. The number of halogens is 1. The second kappa shape index (κ2) is 6.89. The molecule has 0 fully saturated rings. The molecule has 0 bridgehead atoms. The minimum Gasteiger partial charge on any atom is -0.507 e. The number of benzene rings is 1. The molecule has 1 aromatic carbocycles. The van der Waals surface area contributed by atoms with E-state index in [1.165, 1.54) is 6.07 Å². The lowest BCUT2D eigenvalue weighted by molar-refractivity contribution is 0.0777. The molecule has 1 amide bonds. The lowest BCUT2D eigenvalue weighted by Crippen LogP contribution is -2.38. The van der Waals surface area contributed by atoms with Crippen LogP contribution < -0.4 is 5.73 Å². The van der Waals surface area contributed by atoms with Crippen molar-refractivity contribution in [1.29, 1.82) is 0 Å². The van der Waals surface area contributed by atoms with E-state index in [4.69, 9.17) is 18.0 Å². The van der Waals surface area contributed by atoms with Crippen molar-refractivity contribution in [3.05, 3.63) is 27.3 Å². The number of carbonyl (C=O) groups is 1. The highest BCUT2D eigenvalue weighted by Crippen LogP contribution is 2.21. The summed E-state index contributed by atoms with van der Waals surface area (Å²) in [7, 11) is 0. The molecule has 1 aromatic rings. The van der Waals surface area contributed by atoms with Gasteiger partial charge in [0.05, 0.1) is 17.1 Å². The summed E-state index contributed by atoms with van der Waals surface area (Å²) in [6.07, 6.45) is 0.805. The average Bonchev–Trinajstić information content (AvgIpc) is 2.30. The van der Waals surface area contributed by atoms with E-state index in [1.54, 1.807) is 17.0 Å². The van der Waals surface area contributed by atoms with Crippen molar-refractivity contribution in [2.45, 2.75) is 13.3 Å². The maximum absolute atomic E-state index is 12.3. The van der Waals surface area contributed by atoms with Gasteiger partial charge in [-0.25, -0.2) is 0 Å². The number of phenols is 1. The second-order valence-corrected chi connectivity index (χ2v) is 5.62. The van der Waals surface area contributed by atoms with Crippen LogP contribution in [0.4, 0.5) is 0 Å². The largest absolute Gasteiger partial charge is 0.507 e. The fourth-order valence-electron chi connectivity index (χ4n) is 1.56. The molecular formula is C12H15IN2O2S. The first-order valence-corrected chi connectivity index (χ1v) is 7.00. The van der Waals surface area contributed by atoms with Crippen molar-refractivity contribution in [1.82, 2.24) is 4.90 Å². The molecule has 18 heavy (non-hydrogen) atoms. The molecule has 6 heteroatoms. The molecule has 4 nitrogen and oxygen atoms in total. The van der Waals surface area contributed by atoms with Crippen LogP contribution >= 0.6 is 34.8 Å². The van der Waals surface area contributed by atoms with E-state index in [-0.39, 0.29) is 28.8 Å². The molecule has 0 unspecified atom stereocenters. The number of thiocarbonyl (C=S) groups is 1. The number of amides is 1. The fraction of sp³-hybridized carbons (Fsp3) is 0.333. The van der Waals surface area contributed by atoms with E-state index in [0.29, 0.717) is 6.54 Å². The summed E-state index contributed by atoms with van der Waals surface area (Å²) in [5, 5.41) is 9.74. The van der Waals surface area contributed by atoms with Crippen LogP contribution in [0.1, 0.15) is 23.7 Å². The molecule has 0 aliphatic heterocycles. The van der Waals surface area contributed by atoms with Gasteiger partial charge in [-0.1, -0.05) is 19.1 Å². The van der Waals surface area contributed by atoms with Gasteiger partial charge in [-0.05, 0) is 47.2 Å². The quantitative estimate of drug-likeness (QED) is 0.609. The van der Waals surface area contributed by atoms with Gasteiger partial charge < -0.3 is 15.7 Å². The molecule has 0 heterocycles. The third-order valence-corrected chi connectivity index (χ3v) is 3.12. The molecule has 1 rings (SSSR count). The van der Waals surface area contributed by atoms with Gasteiger partial charge >= 0.3 is 0 Å². The molecule has 3 N–H and O–H groups in total. The van der Waals surface area contributed by atoms with Crippen molar-refractivity contribution < 1.29 is 9.90 Å². The van der Waals surface area contributed by atoms with Crippen LogP contribution in [0, 0.1) is 3.57 Å². The van der Waals surface area contributed by atoms with Crippen LogP contribution in [0.3, 0.4) is 0 Å². The van der Waals surface area contributed by atoms with Crippen LogP contribution in [-0.4, -0.2) is 34.0 Å². The topological polar surface area (TPSA) is 66.6 Å². The van der Waals surface area contributed by atoms with E-state index in [0.717, 1.165) is 9.99 Å². The molecule has 0 radical (unpaired) electrons. The summed E-state index contributed by atoms with van der Waals surface area (Å²) in [5.41, 5.74) is 5.76. The van der Waals surface area contributed by atoms with Gasteiger partial charge in [-0.2, -0.15) is 0 Å². The zero-order valence-electron chi connectivity index (χ0n) is 10.0. The van der Waals surface area contributed by atoms with E-state index in [9.17, 15) is 9.90 Å². The van der Waals surface area contributed by atoms with E-state index in [1.807, 2.05) is 6.92 Å². The van der Waals surface area contributed by atoms with Crippen LogP contribution in [-0.2, 0) is 0 Å². The van der Waals surface area contributed by atoms with Crippen molar-refractivity contribution in [3.63, 3.8) is 0 Å². The zero-order valence-corrected chi connectivity index (χ0v) is 13.0. The third kappa shape index (κ3) is 4.09. The summed E-state index contributed by atoms with van der Waals surface area (Å²) in [5.74, 6) is -0.273. The Morgan fingerprint density at radius 2 is 2.22 bits per heavy atom. The first-order chi connectivity index (χ1) is 8.45.